The van der Waals surface area contributed by atoms with Crippen molar-refractivity contribution in [2.24, 2.45) is 5.92 Å². The number of aliphatic carboxylic acids is 1. The van der Waals surface area contributed by atoms with Crippen molar-refractivity contribution in [1.29, 1.82) is 0 Å². The third-order valence-corrected chi connectivity index (χ3v) is 4.17. The van der Waals surface area contributed by atoms with E-state index in [9.17, 15) is 9.59 Å². The van der Waals surface area contributed by atoms with Crippen LogP contribution < -0.4 is 4.74 Å². The molecule has 120 valence electrons. The van der Waals surface area contributed by atoms with Crippen LogP contribution in [0.3, 0.4) is 0 Å². The van der Waals surface area contributed by atoms with E-state index in [0.29, 0.717) is 39.0 Å². The Hall–Kier alpha value is -2.04. The third kappa shape index (κ3) is 4.23. The predicted molar refractivity (Wildman–Crippen MR) is 83.0 cm³/mol. The number of carboxylic acid groups (broad SMARTS) is 1. The highest BCUT2D eigenvalue weighted by Gasteiger charge is 2.30. The van der Waals surface area contributed by atoms with Crippen molar-refractivity contribution in [2.75, 3.05) is 19.7 Å². The van der Waals surface area contributed by atoms with E-state index in [2.05, 4.69) is 6.92 Å². The van der Waals surface area contributed by atoms with Gasteiger partial charge in [0.25, 0.3) is 0 Å². The number of benzene rings is 1. The minimum atomic E-state index is -0.812. The summed E-state index contributed by atoms with van der Waals surface area (Å²) in [7, 11) is 0. The van der Waals surface area contributed by atoms with E-state index in [0.717, 1.165) is 5.75 Å². The van der Waals surface area contributed by atoms with Gasteiger partial charge in [0.15, 0.2) is 0 Å². The zero-order valence-corrected chi connectivity index (χ0v) is 13.2. The molecule has 1 aromatic carbocycles. The lowest BCUT2D eigenvalue weighted by Crippen LogP contribution is -2.30. The number of aryl methyl sites for hydroxylation is 2. The van der Waals surface area contributed by atoms with Gasteiger partial charge in [-0.25, -0.2) is 0 Å². The smallest absolute Gasteiger partial charge is 0.308 e. The molecule has 0 unspecified atom stereocenters. The number of carbonyl (C=O) groups excluding carboxylic acids is 1. The Morgan fingerprint density at radius 2 is 2.09 bits per heavy atom. The third-order valence-electron chi connectivity index (χ3n) is 4.17. The number of carboxylic acids is 1. The summed E-state index contributed by atoms with van der Waals surface area (Å²) in [6.07, 6.45) is 1.59. The topological polar surface area (TPSA) is 66.8 Å². The van der Waals surface area contributed by atoms with Crippen LogP contribution in [0.15, 0.2) is 18.2 Å². The highest BCUT2D eigenvalue weighted by molar-refractivity contribution is 5.78. The van der Waals surface area contributed by atoms with E-state index in [-0.39, 0.29) is 5.91 Å². The molecule has 1 aromatic rings. The summed E-state index contributed by atoms with van der Waals surface area (Å²) in [5.41, 5.74) is 2.41. The minimum absolute atomic E-state index is 0.0208. The number of carbonyl (C=O) groups is 2. The minimum Gasteiger partial charge on any atom is -0.494 e. The molecule has 5 nitrogen and oxygen atoms in total. The average molecular weight is 305 g/mol. The molecule has 1 saturated heterocycles. The van der Waals surface area contributed by atoms with Crippen LogP contribution in [0.4, 0.5) is 0 Å². The molecule has 1 N–H and O–H groups in total. The van der Waals surface area contributed by atoms with Crippen LogP contribution in [-0.2, 0) is 9.59 Å². The summed E-state index contributed by atoms with van der Waals surface area (Å²) >= 11 is 0. The van der Waals surface area contributed by atoms with Gasteiger partial charge in [0.2, 0.25) is 5.91 Å². The molecule has 1 atom stereocenters. The van der Waals surface area contributed by atoms with Crippen LogP contribution in [-0.4, -0.2) is 41.6 Å². The van der Waals surface area contributed by atoms with Gasteiger partial charge in [-0.3, -0.25) is 9.59 Å². The quantitative estimate of drug-likeness (QED) is 0.820. The second-order valence-corrected chi connectivity index (χ2v) is 5.86. The monoisotopic (exact) mass is 305 g/mol. The zero-order valence-electron chi connectivity index (χ0n) is 13.2. The fourth-order valence-electron chi connectivity index (χ4n) is 2.56. The number of likely N-dealkylation sites (tertiary alicyclic amines) is 1. The predicted octanol–water partition coefficient (Wildman–Crippen LogP) is 2.40. The van der Waals surface area contributed by atoms with Gasteiger partial charge in [-0.2, -0.15) is 0 Å². The fourth-order valence-corrected chi connectivity index (χ4v) is 2.56. The molecule has 1 amide bonds. The molecule has 1 heterocycles. The molecule has 2 rings (SSSR count). The van der Waals surface area contributed by atoms with Crippen molar-refractivity contribution in [3.8, 4) is 5.75 Å². The van der Waals surface area contributed by atoms with Gasteiger partial charge in [-0.05, 0) is 49.9 Å². The van der Waals surface area contributed by atoms with E-state index in [1.807, 2.05) is 25.1 Å². The maximum atomic E-state index is 12.0. The second-order valence-electron chi connectivity index (χ2n) is 5.86. The number of amides is 1. The van der Waals surface area contributed by atoms with Crippen molar-refractivity contribution in [1.82, 2.24) is 4.90 Å². The molecule has 1 aliphatic heterocycles. The van der Waals surface area contributed by atoms with Gasteiger partial charge in [-0.1, -0.05) is 6.07 Å². The van der Waals surface area contributed by atoms with Gasteiger partial charge in [-0.15, -0.1) is 0 Å². The summed E-state index contributed by atoms with van der Waals surface area (Å²) in [4.78, 5) is 24.5. The van der Waals surface area contributed by atoms with Crippen molar-refractivity contribution in [3.63, 3.8) is 0 Å². The first kappa shape index (κ1) is 16.3. The van der Waals surface area contributed by atoms with Crippen LogP contribution >= 0.6 is 0 Å². The van der Waals surface area contributed by atoms with Crippen molar-refractivity contribution >= 4 is 11.9 Å². The van der Waals surface area contributed by atoms with Crippen molar-refractivity contribution in [3.05, 3.63) is 29.3 Å². The summed E-state index contributed by atoms with van der Waals surface area (Å²) in [6.45, 7) is 5.47. The highest BCUT2D eigenvalue weighted by atomic mass is 16.5. The lowest BCUT2D eigenvalue weighted by molar-refractivity contribution is -0.141. The Kier molecular flexibility index (Phi) is 5.41. The van der Waals surface area contributed by atoms with Gasteiger partial charge in [0.05, 0.1) is 12.5 Å². The molecule has 0 spiro atoms. The van der Waals surface area contributed by atoms with Crippen LogP contribution in [0.25, 0.3) is 0 Å². The number of hydrogen-bond donors (Lipinski definition) is 1. The summed E-state index contributed by atoms with van der Waals surface area (Å²) in [6, 6.07) is 5.95. The first-order valence-electron chi connectivity index (χ1n) is 7.68. The Morgan fingerprint density at radius 1 is 1.32 bits per heavy atom. The molecule has 22 heavy (non-hydrogen) atoms. The van der Waals surface area contributed by atoms with E-state index in [1.54, 1.807) is 4.90 Å². The molecule has 1 fully saturated rings. The molecule has 0 aromatic heterocycles. The number of ether oxygens (including phenoxy) is 1. The zero-order chi connectivity index (χ0) is 16.1. The Balaban J connectivity index is 1.69. The van der Waals surface area contributed by atoms with Crippen molar-refractivity contribution < 1.29 is 19.4 Å². The molecule has 5 heteroatoms. The molecule has 0 radical (unpaired) electrons. The summed E-state index contributed by atoms with van der Waals surface area (Å²) in [5, 5.41) is 8.94. The lowest BCUT2D eigenvalue weighted by Gasteiger charge is -2.15. The maximum absolute atomic E-state index is 12.0. The number of rotatable bonds is 6. The summed E-state index contributed by atoms with van der Waals surface area (Å²) in [5.74, 6) is -0.376. The molecule has 1 aliphatic rings. The van der Waals surface area contributed by atoms with Crippen LogP contribution in [0.2, 0.25) is 0 Å². The first-order valence-corrected chi connectivity index (χ1v) is 7.68. The molecule has 0 aliphatic carbocycles. The van der Waals surface area contributed by atoms with Gasteiger partial charge >= 0.3 is 5.97 Å². The Labute approximate surface area is 130 Å². The standard InChI is InChI=1S/C17H23NO4/c1-12-5-6-15(10-13(12)2)22-9-3-4-16(19)18-8-7-14(11-18)17(20)21/h5-6,10,14H,3-4,7-9,11H2,1-2H3,(H,20,21)/t14-/m0/s1. The molecule has 0 bridgehead atoms. The second kappa shape index (κ2) is 7.29. The van der Waals surface area contributed by atoms with E-state index in [4.69, 9.17) is 9.84 Å². The SMILES string of the molecule is Cc1ccc(OCCCC(=O)N2CC[C@H](C(=O)O)C2)cc1C. The highest BCUT2D eigenvalue weighted by Crippen LogP contribution is 2.19. The Morgan fingerprint density at radius 3 is 2.73 bits per heavy atom. The van der Waals surface area contributed by atoms with Gasteiger partial charge < -0.3 is 14.7 Å². The lowest BCUT2D eigenvalue weighted by atomic mass is 10.1. The number of hydrogen-bond acceptors (Lipinski definition) is 3. The number of nitrogens with zero attached hydrogens (tertiary/aromatic N) is 1. The van der Waals surface area contributed by atoms with E-state index < -0.39 is 11.9 Å². The summed E-state index contributed by atoms with van der Waals surface area (Å²) < 4.78 is 5.65. The first-order chi connectivity index (χ1) is 10.5. The largest absolute Gasteiger partial charge is 0.494 e. The maximum Gasteiger partial charge on any atom is 0.308 e. The van der Waals surface area contributed by atoms with Crippen LogP contribution in [0.1, 0.15) is 30.4 Å². The van der Waals surface area contributed by atoms with Crippen molar-refractivity contribution in [2.45, 2.75) is 33.1 Å². The molecular formula is C17H23NO4. The Bertz CT molecular complexity index is 556. The fraction of sp³-hybridized carbons (Fsp3) is 0.529. The average Bonchev–Trinajstić information content (AvgIpc) is 2.97. The van der Waals surface area contributed by atoms with Gasteiger partial charge in [0, 0.05) is 19.5 Å². The molecule has 0 saturated carbocycles. The van der Waals surface area contributed by atoms with Crippen LogP contribution in [0.5, 0.6) is 5.75 Å². The van der Waals surface area contributed by atoms with E-state index >= 15 is 0 Å². The van der Waals surface area contributed by atoms with Crippen LogP contribution in [0, 0.1) is 19.8 Å². The normalized spacial score (nSPS) is 17.5. The van der Waals surface area contributed by atoms with E-state index in [1.165, 1.54) is 11.1 Å². The van der Waals surface area contributed by atoms with Gasteiger partial charge in [0.1, 0.15) is 5.75 Å². The molecular weight excluding hydrogens is 282 g/mol.